The van der Waals surface area contributed by atoms with Crippen LogP contribution in [0.4, 0.5) is 0 Å². The molecule has 0 saturated heterocycles. The van der Waals surface area contributed by atoms with Crippen LogP contribution in [0.3, 0.4) is 0 Å². The van der Waals surface area contributed by atoms with Crippen LogP contribution in [0, 0.1) is 6.92 Å². The molecule has 1 atom stereocenters. The van der Waals surface area contributed by atoms with Crippen molar-refractivity contribution in [3.63, 3.8) is 0 Å². The highest BCUT2D eigenvalue weighted by Gasteiger charge is 2.28. The molecule has 0 radical (unpaired) electrons. The average Bonchev–Trinajstić information content (AvgIpc) is 3.30. The maximum atomic E-state index is 13.2. The number of aromatic nitrogens is 6. The zero-order valence-corrected chi connectivity index (χ0v) is 21.5. The zero-order valence-electron chi connectivity index (χ0n) is 20.7. The minimum atomic E-state index is -3.90. The molecule has 13 heteroatoms. The number of rotatable bonds is 10. The molecule has 0 fully saturated rings. The molecule has 194 valence electrons. The lowest BCUT2D eigenvalue weighted by Crippen LogP contribution is -2.19. The van der Waals surface area contributed by atoms with Crippen LogP contribution in [0.15, 0.2) is 48.8 Å². The van der Waals surface area contributed by atoms with Crippen LogP contribution in [0.5, 0.6) is 17.4 Å². The third-order valence-electron chi connectivity index (χ3n) is 5.46. The number of nitrogens with zero attached hydrogens (tertiary/aromatic N) is 6. The van der Waals surface area contributed by atoms with Crippen molar-refractivity contribution < 1.29 is 27.7 Å². The molecular weight excluding hydrogens is 500 g/mol. The normalized spacial score (nSPS) is 12.2. The number of benzene rings is 1. The Morgan fingerprint density at radius 2 is 1.59 bits per heavy atom. The first-order valence-electron chi connectivity index (χ1n) is 11.1. The largest absolute Gasteiger partial charge is 0.494 e. The fourth-order valence-corrected chi connectivity index (χ4v) is 5.05. The number of para-hydroxylation sites is 1. The van der Waals surface area contributed by atoms with Gasteiger partial charge in [-0.3, -0.25) is 4.57 Å². The molecule has 0 aliphatic heterocycles. The number of ether oxygens (including phenoxy) is 3. The van der Waals surface area contributed by atoms with Gasteiger partial charge in [-0.05, 0) is 25.1 Å². The Balaban J connectivity index is 1.80. The highest BCUT2D eigenvalue weighted by atomic mass is 32.2. The Labute approximate surface area is 213 Å². The summed E-state index contributed by atoms with van der Waals surface area (Å²) >= 11 is 0. The quantitative estimate of drug-likeness (QED) is 0.323. The van der Waals surface area contributed by atoms with E-state index in [0.29, 0.717) is 40.1 Å². The lowest BCUT2D eigenvalue weighted by atomic mass is 10.2. The molecule has 4 rings (SSSR count). The van der Waals surface area contributed by atoms with Gasteiger partial charge in [0.15, 0.2) is 21.5 Å². The van der Waals surface area contributed by atoms with E-state index in [0.717, 1.165) is 0 Å². The number of aryl methyl sites for hydroxylation is 1. The van der Waals surface area contributed by atoms with Crippen molar-refractivity contribution in [2.75, 3.05) is 27.1 Å². The van der Waals surface area contributed by atoms with Crippen molar-refractivity contribution in [1.82, 2.24) is 29.7 Å². The molecule has 3 heterocycles. The van der Waals surface area contributed by atoms with Gasteiger partial charge in [0.2, 0.25) is 5.88 Å². The Hall–Kier alpha value is -4.10. The lowest BCUT2D eigenvalue weighted by Gasteiger charge is -2.17. The summed E-state index contributed by atoms with van der Waals surface area (Å²) in [6.45, 7) is 1.70. The monoisotopic (exact) mass is 526 g/mol. The maximum absolute atomic E-state index is 13.2. The summed E-state index contributed by atoms with van der Waals surface area (Å²) in [5, 5.41) is 19.0. The molecule has 0 unspecified atom stereocenters. The fraction of sp³-hybridized carbons (Fsp3) is 0.292. The number of aliphatic hydroxyl groups excluding tert-OH is 1. The summed E-state index contributed by atoms with van der Waals surface area (Å²) in [7, 11) is 0.567. The van der Waals surface area contributed by atoms with E-state index in [9.17, 15) is 13.5 Å². The van der Waals surface area contributed by atoms with Crippen LogP contribution < -0.4 is 14.2 Å². The summed E-state index contributed by atoms with van der Waals surface area (Å²) in [5.74, 6) is 0.886. The van der Waals surface area contributed by atoms with E-state index >= 15 is 0 Å². The second-order valence-corrected chi connectivity index (χ2v) is 10.1. The van der Waals surface area contributed by atoms with Gasteiger partial charge >= 0.3 is 0 Å². The van der Waals surface area contributed by atoms with E-state index in [1.807, 2.05) is 0 Å². The topological polar surface area (TPSA) is 151 Å². The van der Waals surface area contributed by atoms with Crippen LogP contribution >= 0.6 is 0 Å². The SMILES string of the molecule is COc1cccc(-c2nnc(CS(=O)(=O)C[C@@H](O)c3cnc(C)nc3)n2-c2c(OC)cccc2OC)n1. The van der Waals surface area contributed by atoms with Crippen molar-refractivity contribution in [2.24, 2.45) is 0 Å². The van der Waals surface area contributed by atoms with E-state index < -0.39 is 27.4 Å². The zero-order chi connectivity index (χ0) is 26.6. The van der Waals surface area contributed by atoms with Crippen molar-refractivity contribution in [3.05, 3.63) is 66.0 Å². The van der Waals surface area contributed by atoms with Gasteiger partial charge in [0.05, 0.1) is 33.2 Å². The number of methoxy groups -OCH3 is 3. The Kier molecular flexibility index (Phi) is 7.64. The molecule has 0 bridgehead atoms. The van der Waals surface area contributed by atoms with E-state index in [-0.39, 0.29) is 11.6 Å². The van der Waals surface area contributed by atoms with Gasteiger partial charge in [-0.25, -0.2) is 23.4 Å². The first-order chi connectivity index (χ1) is 17.8. The van der Waals surface area contributed by atoms with E-state index in [1.54, 1.807) is 43.3 Å². The van der Waals surface area contributed by atoms with E-state index in [4.69, 9.17) is 14.2 Å². The highest BCUT2D eigenvalue weighted by Crippen LogP contribution is 2.36. The van der Waals surface area contributed by atoms with Crippen LogP contribution in [-0.4, -0.2) is 70.3 Å². The maximum Gasteiger partial charge on any atom is 0.213 e. The van der Waals surface area contributed by atoms with Gasteiger partial charge in [-0.15, -0.1) is 10.2 Å². The summed E-state index contributed by atoms with van der Waals surface area (Å²) < 4.78 is 44.3. The van der Waals surface area contributed by atoms with Crippen molar-refractivity contribution >= 4 is 9.84 Å². The van der Waals surface area contributed by atoms with Gasteiger partial charge in [0, 0.05) is 24.0 Å². The molecule has 37 heavy (non-hydrogen) atoms. The molecule has 12 nitrogen and oxygen atoms in total. The molecule has 0 saturated carbocycles. The van der Waals surface area contributed by atoms with Gasteiger partial charge < -0.3 is 19.3 Å². The van der Waals surface area contributed by atoms with Gasteiger partial charge in [-0.2, -0.15) is 0 Å². The molecule has 0 aliphatic rings. The first kappa shape index (κ1) is 26.0. The Morgan fingerprint density at radius 3 is 2.22 bits per heavy atom. The smallest absolute Gasteiger partial charge is 0.213 e. The molecule has 1 N–H and O–H groups in total. The minimum Gasteiger partial charge on any atom is -0.494 e. The molecule has 4 aromatic rings. The average molecular weight is 527 g/mol. The summed E-state index contributed by atoms with van der Waals surface area (Å²) in [6, 6.07) is 10.3. The van der Waals surface area contributed by atoms with E-state index in [1.165, 1.54) is 38.3 Å². The van der Waals surface area contributed by atoms with Gasteiger partial charge in [0.25, 0.3) is 0 Å². The molecule has 0 aliphatic carbocycles. The summed E-state index contributed by atoms with van der Waals surface area (Å²) in [5.41, 5.74) is 1.08. The van der Waals surface area contributed by atoms with Crippen LogP contribution in [0.1, 0.15) is 23.3 Å². The standard InChI is InChI=1S/C24H26N6O6S/c1-15-25-11-16(12-26-15)18(31)13-37(32,33)14-21-28-29-24(17-7-5-10-22(27-17)36-4)30(21)23-19(34-2)8-6-9-20(23)35-3/h5-12,18,31H,13-14H2,1-4H3/t18-/m1/s1. The number of pyridine rings is 1. The molecule has 1 aromatic carbocycles. The van der Waals surface area contributed by atoms with Gasteiger partial charge in [0.1, 0.15) is 34.5 Å². The number of sulfone groups is 1. The van der Waals surface area contributed by atoms with Gasteiger partial charge in [-0.1, -0.05) is 12.1 Å². The fourth-order valence-electron chi connectivity index (χ4n) is 3.68. The van der Waals surface area contributed by atoms with Crippen molar-refractivity contribution in [2.45, 2.75) is 18.8 Å². The molecule has 0 spiro atoms. The first-order valence-corrected chi connectivity index (χ1v) is 12.9. The summed E-state index contributed by atoms with van der Waals surface area (Å²) in [4.78, 5) is 12.5. The predicted molar refractivity (Wildman–Crippen MR) is 133 cm³/mol. The van der Waals surface area contributed by atoms with Crippen LogP contribution in [-0.2, 0) is 15.6 Å². The molecular formula is C24H26N6O6S. The number of hydrogen-bond acceptors (Lipinski definition) is 11. The third-order valence-corrected chi connectivity index (χ3v) is 6.99. The predicted octanol–water partition coefficient (Wildman–Crippen LogP) is 2.10. The third kappa shape index (κ3) is 5.67. The Morgan fingerprint density at radius 1 is 0.946 bits per heavy atom. The lowest BCUT2D eigenvalue weighted by molar-refractivity contribution is 0.200. The number of hydrogen-bond donors (Lipinski definition) is 1. The second kappa shape index (κ2) is 10.9. The molecule has 3 aromatic heterocycles. The van der Waals surface area contributed by atoms with Crippen molar-refractivity contribution in [1.29, 1.82) is 0 Å². The summed E-state index contributed by atoms with van der Waals surface area (Å²) in [6.07, 6.45) is 1.48. The van der Waals surface area contributed by atoms with Crippen LogP contribution in [0.2, 0.25) is 0 Å². The minimum absolute atomic E-state index is 0.0785. The van der Waals surface area contributed by atoms with Crippen LogP contribution in [0.25, 0.3) is 17.2 Å². The number of aliphatic hydroxyl groups is 1. The second-order valence-electron chi connectivity index (χ2n) is 7.99. The van der Waals surface area contributed by atoms with Crippen molar-refractivity contribution in [3.8, 4) is 34.6 Å². The molecule has 0 amide bonds. The van der Waals surface area contributed by atoms with E-state index in [2.05, 4.69) is 25.1 Å². The highest BCUT2D eigenvalue weighted by molar-refractivity contribution is 7.90. The Bertz CT molecular complexity index is 1470.